The predicted octanol–water partition coefficient (Wildman–Crippen LogP) is 3.55. The first-order valence-corrected chi connectivity index (χ1v) is 7.37. The lowest BCUT2D eigenvalue weighted by Crippen LogP contribution is -2.21. The Balaban J connectivity index is 1.77. The zero-order valence-corrected chi connectivity index (χ0v) is 13.0. The summed E-state index contributed by atoms with van der Waals surface area (Å²) in [6, 6.07) is 11.2. The Bertz CT molecular complexity index is 557. The summed E-state index contributed by atoms with van der Waals surface area (Å²) >= 11 is 0. The van der Waals surface area contributed by atoms with Crippen LogP contribution in [-0.2, 0) is 6.54 Å². The third-order valence-corrected chi connectivity index (χ3v) is 3.64. The molecule has 1 aromatic carbocycles. The van der Waals surface area contributed by atoms with Gasteiger partial charge in [-0.2, -0.15) is 5.10 Å². The van der Waals surface area contributed by atoms with Crippen molar-refractivity contribution >= 4 is 0 Å². The van der Waals surface area contributed by atoms with Gasteiger partial charge in [0.1, 0.15) is 0 Å². The second kappa shape index (κ2) is 6.71. The fourth-order valence-corrected chi connectivity index (χ4v) is 2.51. The Kier molecular flexibility index (Phi) is 4.96. The molecule has 1 heterocycles. The molecule has 0 aliphatic heterocycles. The number of aryl methyl sites for hydroxylation is 4. The van der Waals surface area contributed by atoms with E-state index < -0.39 is 0 Å². The molecule has 0 spiro atoms. The number of nitrogens with one attached hydrogen (secondary N) is 1. The molecule has 3 nitrogen and oxygen atoms in total. The Labute approximate surface area is 122 Å². The van der Waals surface area contributed by atoms with Crippen LogP contribution < -0.4 is 5.32 Å². The van der Waals surface area contributed by atoms with Crippen LogP contribution in [-0.4, -0.2) is 16.3 Å². The lowest BCUT2D eigenvalue weighted by Gasteiger charge is -2.15. The highest BCUT2D eigenvalue weighted by atomic mass is 15.3. The van der Waals surface area contributed by atoms with E-state index in [1.807, 2.05) is 6.92 Å². The standard InChI is InChI=1S/C17H25N3/c1-13-7-5-8-17(11-13)16(4)18-9-6-10-20-15(3)12-14(2)19-20/h5,7-8,11-12,16,18H,6,9-10H2,1-4H3. The lowest BCUT2D eigenvalue weighted by molar-refractivity contribution is 0.500. The first kappa shape index (κ1) is 14.8. The molecule has 0 saturated carbocycles. The summed E-state index contributed by atoms with van der Waals surface area (Å²) in [6.45, 7) is 10.5. The van der Waals surface area contributed by atoms with Crippen LogP contribution in [0.2, 0.25) is 0 Å². The van der Waals surface area contributed by atoms with Crippen molar-refractivity contribution in [3.05, 3.63) is 52.8 Å². The van der Waals surface area contributed by atoms with Crippen molar-refractivity contribution in [1.29, 1.82) is 0 Å². The van der Waals surface area contributed by atoms with Gasteiger partial charge in [-0.1, -0.05) is 29.8 Å². The minimum Gasteiger partial charge on any atom is -0.310 e. The Morgan fingerprint density at radius 2 is 2.00 bits per heavy atom. The van der Waals surface area contributed by atoms with Crippen LogP contribution in [0.5, 0.6) is 0 Å². The molecule has 1 unspecified atom stereocenters. The van der Waals surface area contributed by atoms with Crippen LogP contribution in [0, 0.1) is 20.8 Å². The van der Waals surface area contributed by atoms with E-state index in [0.717, 1.165) is 25.2 Å². The molecule has 0 saturated heterocycles. The van der Waals surface area contributed by atoms with Gasteiger partial charge in [0.05, 0.1) is 5.69 Å². The molecule has 0 aliphatic carbocycles. The summed E-state index contributed by atoms with van der Waals surface area (Å²) in [5.74, 6) is 0. The summed E-state index contributed by atoms with van der Waals surface area (Å²) in [4.78, 5) is 0. The molecule has 1 atom stereocenters. The summed E-state index contributed by atoms with van der Waals surface area (Å²) in [6.07, 6.45) is 1.10. The molecule has 3 heteroatoms. The van der Waals surface area contributed by atoms with Crippen molar-refractivity contribution in [1.82, 2.24) is 15.1 Å². The fourth-order valence-electron chi connectivity index (χ4n) is 2.51. The van der Waals surface area contributed by atoms with Crippen molar-refractivity contribution in [2.45, 2.75) is 46.7 Å². The normalized spacial score (nSPS) is 12.6. The van der Waals surface area contributed by atoms with E-state index in [4.69, 9.17) is 0 Å². The zero-order chi connectivity index (χ0) is 14.5. The molecule has 1 N–H and O–H groups in total. The third kappa shape index (κ3) is 3.94. The van der Waals surface area contributed by atoms with Crippen LogP contribution in [0.3, 0.4) is 0 Å². The van der Waals surface area contributed by atoms with Gasteiger partial charge in [-0.05, 0) is 52.3 Å². The Morgan fingerprint density at radius 3 is 2.65 bits per heavy atom. The second-order valence-electron chi connectivity index (χ2n) is 5.59. The summed E-state index contributed by atoms with van der Waals surface area (Å²) in [7, 11) is 0. The van der Waals surface area contributed by atoms with E-state index in [2.05, 4.69) is 66.2 Å². The monoisotopic (exact) mass is 271 g/mol. The van der Waals surface area contributed by atoms with Crippen molar-refractivity contribution in [3.8, 4) is 0 Å². The number of aromatic nitrogens is 2. The third-order valence-electron chi connectivity index (χ3n) is 3.64. The number of hydrogen-bond donors (Lipinski definition) is 1. The number of rotatable bonds is 6. The molecular formula is C17H25N3. The van der Waals surface area contributed by atoms with Crippen LogP contribution in [0.4, 0.5) is 0 Å². The Hall–Kier alpha value is -1.61. The Morgan fingerprint density at radius 1 is 1.20 bits per heavy atom. The van der Waals surface area contributed by atoms with Crippen molar-refractivity contribution < 1.29 is 0 Å². The van der Waals surface area contributed by atoms with Crippen LogP contribution in [0.1, 0.15) is 41.9 Å². The minimum atomic E-state index is 0.398. The van der Waals surface area contributed by atoms with E-state index in [1.165, 1.54) is 16.8 Å². The number of benzene rings is 1. The highest BCUT2D eigenvalue weighted by molar-refractivity contribution is 5.24. The average Bonchev–Trinajstić information content (AvgIpc) is 2.73. The number of nitrogens with zero attached hydrogens (tertiary/aromatic N) is 2. The second-order valence-corrected chi connectivity index (χ2v) is 5.59. The van der Waals surface area contributed by atoms with Crippen LogP contribution in [0.25, 0.3) is 0 Å². The molecule has 0 bridgehead atoms. The van der Waals surface area contributed by atoms with Gasteiger partial charge in [-0.25, -0.2) is 0 Å². The van der Waals surface area contributed by atoms with E-state index >= 15 is 0 Å². The van der Waals surface area contributed by atoms with Crippen molar-refractivity contribution in [2.24, 2.45) is 0 Å². The maximum atomic E-state index is 4.49. The summed E-state index contributed by atoms with van der Waals surface area (Å²) < 4.78 is 2.09. The minimum absolute atomic E-state index is 0.398. The van der Waals surface area contributed by atoms with Gasteiger partial charge < -0.3 is 5.32 Å². The molecule has 0 fully saturated rings. The molecule has 20 heavy (non-hydrogen) atoms. The molecule has 108 valence electrons. The van der Waals surface area contributed by atoms with Crippen molar-refractivity contribution in [3.63, 3.8) is 0 Å². The van der Waals surface area contributed by atoms with Gasteiger partial charge in [0.15, 0.2) is 0 Å². The van der Waals surface area contributed by atoms with E-state index in [0.29, 0.717) is 6.04 Å². The van der Waals surface area contributed by atoms with Gasteiger partial charge in [0.25, 0.3) is 0 Å². The maximum Gasteiger partial charge on any atom is 0.0596 e. The topological polar surface area (TPSA) is 29.9 Å². The highest BCUT2D eigenvalue weighted by Crippen LogP contribution is 2.13. The van der Waals surface area contributed by atoms with Gasteiger partial charge in [0, 0.05) is 18.3 Å². The van der Waals surface area contributed by atoms with E-state index in [9.17, 15) is 0 Å². The molecular weight excluding hydrogens is 246 g/mol. The van der Waals surface area contributed by atoms with E-state index in [1.54, 1.807) is 0 Å². The van der Waals surface area contributed by atoms with Gasteiger partial charge in [-0.3, -0.25) is 4.68 Å². The van der Waals surface area contributed by atoms with Crippen molar-refractivity contribution in [2.75, 3.05) is 6.54 Å². The molecule has 0 aliphatic rings. The summed E-state index contributed by atoms with van der Waals surface area (Å²) in [5.41, 5.74) is 5.02. The molecule has 2 rings (SSSR count). The van der Waals surface area contributed by atoms with Gasteiger partial charge in [-0.15, -0.1) is 0 Å². The first-order valence-electron chi connectivity index (χ1n) is 7.37. The first-order chi connectivity index (χ1) is 9.56. The molecule has 0 radical (unpaired) electrons. The summed E-state index contributed by atoms with van der Waals surface area (Å²) in [5, 5.41) is 8.07. The smallest absolute Gasteiger partial charge is 0.0596 e. The van der Waals surface area contributed by atoms with E-state index in [-0.39, 0.29) is 0 Å². The van der Waals surface area contributed by atoms with Crippen LogP contribution >= 0.6 is 0 Å². The maximum absolute atomic E-state index is 4.49. The molecule has 2 aromatic rings. The van der Waals surface area contributed by atoms with Gasteiger partial charge in [0.2, 0.25) is 0 Å². The predicted molar refractivity (Wildman–Crippen MR) is 83.9 cm³/mol. The average molecular weight is 271 g/mol. The zero-order valence-electron chi connectivity index (χ0n) is 13.0. The van der Waals surface area contributed by atoms with Gasteiger partial charge >= 0.3 is 0 Å². The van der Waals surface area contributed by atoms with Crippen LogP contribution in [0.15, 0.2) is 30.3 Å². The largest absolute Gasteiger partial charge is 0.310 e. The molecule has 0 amide bonds. The highest BCUT2D eigenvalue weighted by Gasteiger charge is 2.05. The lowest BCUT2D eigenvalue weighted by atomic mass is 10.1. The number of hydrogen-bond acceptors (Lipinski definition) is 2. The molecule has 1 aromatic heterocycles. The SMILES string of the molecule is Cc1cccc(C(C)NCCCn2nc(C)cc2C)c1. The quantitative estimate of drug-likeness (QED) is 0.814. The fraction of sp³-hybridized carbons (Fsp3) is 0.471.